The van der Waals surface area contributed by atoms with Crippen LogP contribution in [0.2, 0.25) is 0 Å². The topological polar surface area (TPSA) is 87.8 Å². The van der Waals surface area contributed by atoms with Gasteiger partial charge in [0, 0.05) is 23.7 Å². The van der Waals surface area contributed by atoms with E-state index in [0.29, 0.717) is 23.4 Å². The lowest BCUT2D eigenvalue weighted by Crippen LogP contribution is -2.19. The lowest BCUT2D eigenvalue weighted by atomic mass is 10.1. The van der Waals surface area contributed by atoms with Crippen LogP contribution >= 0.6 is 0 Å². The number of hydrogen-bond donors (Lipinski definition) is 1. The van der Waals surface area contributed by atoms with Crippen molar-refractivity contribution < 1.29 is 23.8 Å². The van der Waals surface area contributed by atoms with Gasteiger partial charge in [0.25, 0.3) is 0 Å². The Morgan fingerprint density at radius 3 is 2.47 bits per heavy atom. The minimum Gasteiger partial charge on any atom is -0.493 e. The number of nitrogens with two attached hydrogens (primary N) is 1. The Bertz CT molecular complexity index is 1150. The summed E-state index contributed by atoms with van der Waals surface area (Å²) >= 11 is 0. The molecular formula is C28H27NO5. The molecule has 0 amide bonds. The highest BCUT2D eigenvalue weighted by Crippen LogP contribution is 2.20. The maximum absolute atomic E-state index is 12.6. The van der Waals surface area contributed by atoms with Gasteiger partial charge in [0.1, 0.15) is 11.9 Å². The summed E-state index contributed by atoms with van der Waals surface area (Å²) in [4.78, 5) is 24.0. The predicted molar refractivity (Wildman–Crippen MR) is 133 cm³/mol. The van der Waals surface area contributed by atoms with E-state index in [1.807, 2.05) is 66.7 Å². The second-order valence-corrected chi connectivity index (χ2v) is 7.37. The Kier molecular flexibility index (Phi) is 9.05. The number of carbonyl (C=O) groups is 2. The number of hydrogen-bond acceptors (Lipinski definition) is 6. The number of benzene rings is 3. The number of nitrogen functional groups attached to an aromatic ring is 1. The fourth-order valence-electron chi connectivity index (χ4n) is 3.12. The molecule has 0 spiro atoms. The highest BCUT2D eigenvalue weighted by atomic mass is 16.5. The number of anilines is 1. The molecule has 174 valence electrons. The molecule has 0 saturated carbocycles. The molecule has 0 saturated heterocycles. The van der Waals surface area contributed by atoms with Crippen molar-refractivity contribution in [2.45, 2.75) is 12.5 Å². The van der Waals surface area contributed by atoms with Gasteiger partial charge in [-0.15, -0.1) is 0 Å². The normalized spacial score (nSPS) is 11.9. The van der Waals surface area contributed by atoms with E-state index in [1.165, 1.54) is 13.2 Å². The van der Waals surface area contributed by atoms with E-state index in [2.05, 4.69) is 4.74 Å². The van der Waals surface area contributed by atoms with Crippen molar-refractivity contribution in [3.05, 3.63) is 108 Å². The zero-order chi connectivity index (χ0) is 24.2. The van der Waals surface area contributed by atoms with Crippen molar-refractivity contribution in [2.75, 3.05) is 19.5 Å². The Balaban J connectivity index is 1.70. The lowest BCUT2D eigenvalue weighted by molar-refractivity contribution is -0.134. The number of rotatable bonds is 10. The second-order valence-electron chi connectivity index (χ2n) is 7.37. The van der Waals surface area contributed by atoms with Crippen LogP contribution < -0.4 is 10.5 Å². The number of para-hydroxylation sites is 1. The summed E-state index contributed by atoms with van der Waals surface area (Å²) in [6.45, 7) is 0.289. The first-order chi connectivity index (χ1) is 16.5. The van der Waals surface area contributed by atoms with Crippen molar-refractivity contribution in [3.63, 3.8) is 0 Å². The number of methoxy groups -OCH3 is 1. The van der Waals surface area contributed by atoms with Gasteiger partial charge in [-0.3, -0.25) is 0 Å². The Morgan fingerprint density at radius 2 is 1.71 bits per heavy atom. The quantitative estimate of drug-likeness (QED) is 0.257. The molecule has 0 aliphatic heterocycles. The summed E-state index contributed by atoms with van der Waals surface area (Å²) in [6, 6.07) is 23.6. The van der Waals surface area contributed by atoms with Gasteiger partial charge in [0.05, 0.1) is 19.3 Å². The molecule has 0 radical (unpaired) electrons. The zero-order valence-corrected chi connectivity index (χ0v) is 18.9. The van der Waals surface area contributed by atoms with E-state index < -0.39 is 18.0 Å². The lowest BCUT2D eigenvalue weighted by Gasteiger charge is -2.16. The average Bonchev–Trinajstić information content (AvgIpc) is 2.86. The third kappa shape index (κ3) is 7.67. The van der Waals surface area contributed by atoms with Gasteiger partial charge in [-0.25, -0.2) is 9.59 Å². The zero-order valence-electron chi connectivity index (χ0n) is 18.9. The van der Waals surface area contributed by atoms with E-state index in [9.17, 15) is 9.59 Å². The van der Waals surface area contributed by atoms with Crippen LogP contribution in [0.1, 0.15) is 27.9 Å². The van der Waals surface area contributed by atoms with Crippen molar-refractivity contribution in [1.82, 2.24) is 0 Å². The van der Waals surface area contributed by atoms with Gasteiger partial charge < -0.3 is 19.9 Å². The van der Waals surface area contributed by atoms with Crippen LogP contribution in [0.25, 0.3) is 12.2 Å². The summed E-state index contributed by atoms with van der Waals surface area (Å²) < 4.78 is 16.3. The van der Waals surface area contributed by atoms with E-state index in [1.54, 1.807) is 30.3 Å². The van der Waals surface area contributed by atoms with Crippen LogP contribution in [0, 0.1) is 0 Å². The second kappa shape index (κ2) is 12.6. The van der Waals surface area contributed by atoms with Gasteiger partial charge in [-0.2, -0.15) is 0 Å². The van der Waals surface area contributed by atoms with E-state index in [0.717, 1.165) is 11.1 Å². The molecule has 0 aliphatic rings. The SMILES string of the molecule is COC(=O)/C=C/c1ccccc1OCC[C@H](/C=C/c1cccc(N)c1)OC(=O)c1ccccc1. The predicted octanol–water partition coefficient (Wildman–Crippen LogP) is 5.16. The molecule has 0 aromatic heterocycles. The minimum absolute atomic E-state index is 0.289. The van der Waals surface area contributed by atoms with Crippen LogP contribution in [0.15, 0.2) is 91.0 Å². The third-order valence-corrected chi connectivity index (χ3v) is 4.86. The smallest absolute Gasteiger partial charge is 0.338 e. The first kappa shape index (κ1) is 24.3. The molecule has 0 fully saturated rings. The number of ether oxygens (including phenoxy) is 3. The van der Waals surface area contributed by atoms with E-state index in [-0.39, 0.29) is 6.61 Å². The van der Waals surface area contributed by atoms with Crippen LogP contribution in [0.5, 0.6) is 5.75 Å². The first-order valence-corrected chi connectivity index (χ1v) is 10.8. The van der Waals surface area contributed by atoms with Crippen molar-refractivity contribution >= 4 is 29.8 Å². The highest BCUT2D eigenvalue weighted by Gasteiger charge is 2.14. The summed E-state index contributed by atoms with van der Waals surface area (Å²) in [5.41, 5.74) is 8.63. The van der Waals surface area contributed by atoms with Crippen molar-refractivity contribution in [3.8, 4) is 5.75 Å². The van der Waals surface area contributed by atoms with Gasteiger partial charge in [-0.1, -0.05) is 54.6 Å². The maximum atomic E-state index is 12.6. The average molecular weight is 458 g/mol. The molecule has 3 rings (SSSR count). The summed E-state index contributed by atoms with van der Waals surface area (Å²) in [5, 5.41) is 0. The van der Waals surface area contributed by atoms with Crippen molar-refractivity contribution in [2.24, 2.45) is 0 Å². The molecule has 6 nitrogen and oxygen atoms in total. The molecule has 3 aromatic carbocycles. The largest absolute Gasteiger partial charge is 0.493 e. The Morgan fingerprint density at radius 1 is 0.941 bits per heavy atom. The van der Waals surface area contributed by atoms with Gasteiger partial charge in [-0.05, 0) is 48.0 Å². The molecule has 3 aromatic rings. The maximum Gasteiger partial charge on any atom is 0.338 e. The Labute approximate surface area is 199 Å². The molecular weight excluding hydrogens is 430 g/mol. The van der Waals surface area contributed by atoms with E-state index in [4.69, 9.17) is 15.2 Å². The summed E-state index contributed by atoms with van der Waals surface area (Å²) in [6.07, 6.45) is 6.56. The fraction of sp³-hybridized carbons (Fsp3) is 0.143. The van der Waals surface area contributed by atoms with Gasteiger partial charge in [0.15, 0.2) is 0 Å². The number of esters is 2. The van der Waals surface area contributed by atoms with Crippen molar-refractivity contribution in [1.29, 1.82) is 0 Å². The van der Waals surface area contributed by atoms with Crippen LogP contribution in [-0.2, 0) is 14.3 Å². The van der Waals surface area contributed by atoms with E-state index >= 15 is 0 Å². The molecule has 6 heteroatoms. The summed E-state index contributed by atoms with van der Waals surface area (Å²) in [7, 11) is 1.32. The van der Waals surface area contributed by atoms with Crippen LogP contribution in [-0.4, -0.2) is 31.8 Å². The third-order valence-electron chi connectivity index (χ3n) is 4.86. The minimum atomic E-state index is -0.521. The monoisotopic (exact) mass is 457 g/mol. The first-order valence-electron chi connectivity index (χ1n) is 10.8. The number of carbonyl (C=O) groups excluding carboxylic acids is 2. The molecule has 2 N–H and O–H groups in total. The van der Waals surface area contributed by atoms with Crippen LogP contribution in [0.4, 0.5) is 5.69 Å². The standard InChI is InChI=1S/C28H27NO5/c1-32-27(30)17-15-22-9-5-6-13-26(22)33-19-18-25(16-14-21-8-7-12-24(29)20-21)34-28(31)23-10-3-2-4-11-23/h2-17,20,25H,18-19,29H2,1H3/b16-14+,17-15+/t25-/m0/s1. The molecule has 0 heterocycles. The molecule has 0 aliphatic carbocycles. The van der Waals surface area contributed by atoms with Gasteiger partial charge in [0.2, 0.25) is 0 Å². The highest BCUT2D eigenvalue weighted by molar-refractivity contribution is 5.89. The summed E-state index contributed by atoms with van der Waals surface area (Å²) in [5.74, 6) is -0.255. The molecule has 0 unspecified atom stereocenters. The molecule has 1 atom stereocenters. The molecule has 34 heavy (non-hydrogen) atoms. The Hall–Kier alpha value is -4.32. The molecule has 0 bridgehead atoms. The van der Waals surface area contributed by atoms with Gasteiger partial charge >= 0.3 is 11.9 Å². The fourth-order valence-corrected chi connectivity index (χ4v) is 3.12. The van der Waals surface area contributed by atoms with Crippen LogP contribution in [0.3, 0.4) is 0 Å².